The Morgan fingerprint density at radius 1 is 1.21 bits per heavy atom. The molecule has 5 heteroatoms. The van der Waals surface area contributed by atoms with E-state index in [2.05, 4.69) is 4.72 Å². The third kappa shape index (κ3) is 2.62. The van der Waals surface area contributed by atoms with Crippen LogP contribution in [0.5, 0.6) is 0 Å². The second-order valence-corrected chi connectivity index (χ2v) is 7.47. The lowest BCUT2D eigenvalue weighted by atomic mass is 10.1. The molecule has 1 aromatic carbocycles. The summed E-state index contributed by atoms with van der Waals surface area (Å²) in [4.78, 5) is 0.251. The molecule has 19 heavy (non-hydrogen) atoms. The molecule has 3 N–H and O–H groups in total. The van der Waals surface area contributed by atoms with Gasteiger partial charge >= 0.3 is 0 Å². The Morgan fingerprint density at radius 3 is 2.26 bits per heavy atom. The fraction of sp³-hybridized carbons (Fsp3) is 0.571. The fourth-order valence-corrected chi connectivity index (χ4v) is 4.50. The molecule has 0 atom stereocenters. The smallest absolute Gasteiger partial charge is 0.243 e. The zero-order valence-electron chi connectivity index (χ0n) is 11.1. The van der Waals surface area contributed by atoms with E-state index < -0.39 is 10.0 Å². The van der Waals surface area contributed by atoms with Crippen LogP contribution in [0, 0.1) is 18.8 Å². The number of benzene rings is 1. The maximum Gasteiger partial charge on any atom is 0.243 e. The van der Waals surface area contributed by atoms with Crippen molar-refractivity contribution < 1.29 is 8.42 Å². The molecular weight excluding hydrogens is 260 g/mol. The van der Waals surface area contributed by atoms with Gasteiger partial charge < -0.3 is 5.73 Å². The quantitative estimate of drug-likeness (QED) is 0.811. The predicted octanol–water partition coefficient (Wildman–Crippen LogP) is 2.04. The zero-order chi connectivity index (χ0) is 13.6. The van der Waals surface area contributed by atoms with Crippen LogP contribution in [0.1, 0.15) is 31.2 Å². The first-order valence-corrected chi connectivity index (χ1v) is 8.35. The third-order valence-corrected chi connectivity index (χ3v) is 5.74. The van der Waals surface area contributed by atoms with Gasteiger partial charge in [-0.2, -0.15) is 0 Å². The minimum Gasteiger partial charge on any atom is -0.398 e. The molecule has 104 valence electrons. The second-order valence-electron chi connectivity index (χ2n) is 5.82. The normalized spacial score (nSPS) is 19.9. The highest BCUT2D eigenvalue weighted by molar-refractivity contribution is 7.89. The number of rotatable bonds is 5. The Labute approximate surface area is 114 Å². The summed E-state index contributed by atoms with van der Waals surface area (Å²) < 4.78 is 28.0. The van der Waals surface area contributed by atoms with Crippen LogP contribution in [-0.4, -0.2) is 14.5 Å². The number of hydrogen-bond acceptors (Lipinski definition) is 3. The van der Waals surface area contributed by atoms with Crippen molar-refractivity contribution in [2.24, 2.45) is 11.8 Å². The van der Waals surface area contributed by atoms with E-state index in [9.17, 15) is 8.42 Å². The van der Waals surface area contributed by atoms with Crippen LogP contribution >= 0.6 is 0 Å². The van der Waals surface area contributed by atoms with Gasteiger partial charge in [-0.1, -0.05) is 12.1 Å². The Morgan fingerprint density at radius 2 is 1.79 bits per heavy atom. The highest BCUT2D eigenvalue weighted by Crippen LogP contribution is 2.45. The predicted molar refractivity (Wildman–Crippen MR) is 75.1 cm³/mol. The summed E-state index contributed by atoms with van der Waals surface area (Å²) in [5, 5.41) is 0. The summed E-state index contributed by atoms with van der Waals surface area (Å²) >= 11 is 0. The van der Waals surface area contributed by atoms with Crippen LogP contribution in [-0.2, 0) is 10.0 Å². The summed E-state index contributed by atoms with van der Waals surface area (Å²) in [6, 6.07) is 5.33. The molecule has 0 spiro atoms. The van der Waals surface area contributed by atoms with Crippen LogP contribution in [0.4, 0.5) is 5.69 Å². The van der Waals surface area contributed by atoms with Crippen molar-refractivity contribution in [1.82, 2.24) is 4.72 Å². The number of aryl methyl sites for hydroxylation is 1. The number of sulfonamides is 1. The third-order valence-electron chi connectivity index (χ3n) is 4.06. The molecule has 2 aliphatic carbocycles. The lowest BCUT2D eigenvalue weighted by molar-refractivity contribution is 0.471. The van der Waals surface area contributed by atoms with Gasteiger partial charge in [-0.3, -0.25) is 0 Å². The SMILES string of the molecule is Cc1cccc(N)c1S(=O)(=O)NC(C1CC1)C1CC1. The minimum atomic E-state index is -3.51. The van der Waals surface area contributed by atoms with Crippen LogP contribution in [0.15, 0.2) is 23.1 Å². The average molecular weight is 280 g/mol. The highest BCUT2D eigenvalue weighted by Gasteiger charge is 2.43. The number of nitrogen functional groups attached to an aromatic ring is 1. The van der Waals surface area contributed by atoms with E-state index in [-0.39, 0.29) is 10.9 Å². The van der Waals surface area contributed by atoms with E-state index in [4.69, 9.17) is 5.73 Å². The molecule has 3 rings (SSSR count). The van der Waals surface area contributed by atoms with Crippen LogP contribution < -0.4 is 10.5 Å². The fourth-order valence-electron chi connectivity index (χ4n) is 2.77. The van der Waals surface area contributed by atoms with Gasteiger partial charge in [0.15, 0.2) is 0 Å². The van der Waals surface area contributed by atoms with E-state index in [0.29, 0.717) is 23.1 Å². The molecule has 2 saturated carbocycles. The largest absolute Gasteiger partial charge is 0.398 e. The van der Waals surface area contributed by atoms with Gasteiger partial charge in [0.1, 0.15) is 4.90 Å². The molecule has 0 saturated heterocycles. The van der Waals surface area contributed by atoms with Gasteiger partial charge in [0.2, 0.25) is 10.0 Å². The van der Waals surface area contributed by atoms with Gasteiger partial charge in [-0.25, -0.2) is 13.1 Å². The van der Waals surface area contributed by atoms with Crippen molar-refractivity contribution in [2.45, 2.75) is 43.5 Å². The monoisotopic (exact) mass is 280 g/mol. The molecule has 2 aliphatic rings. The van der Waals surface area contributed by atoms with Gasteiger partial charge in [0, 0.05) is 6.04 Å². The first-order valence-electron chi connectivity index (χ1n) is 6.86. The van der Waals surface area contributed by atoms with Crippen LogP contribution in [0.3, 0.4) is 0 Å². The first-order chi connectivity index (χ1) is 8.99. The van der Waals surface area contributed by atoms with E-state index in [1.165, 1.54) is 0 Å². The Bertz CT molecular complexity index is 557. The van der Waals surface area contributed by atoms with Gasteiger partial charge in [0.05, 0.1) is 5.69 Å². The average Bonchev–Trinajstić information content (AvgIpc) is 3.18. The lowest BCUT2D eigenvalue weighted by Gasteiger charge is -2.19. The van der Waals surface area contributed by atoms with Crippen molar-refractivity contribution >= 4 is 15.7 Å². The molecule has 0 amide bonds. The summed E-state index contributed by atoms with van der Waals surface area (Å²) in [5.41, 5.74) is 6.89. The molecule has 0 bridgehead atoms. The highest BCUT2D eigenvalue weighted by atomic mass is 32.2. The van der Waals surface area contributed by atoms with E-state index in [1.807, 2.05) is 0 Å². The van der Waals surface area contributed by atoms with Gasteiger partial charge in [0.25, 0.3) is 0 Å². The van der Waals surface area contributed by atoms with E-state index in [1.54, 1.807) is 25.1 Å². The van der Waals surface area contributed by atoms with Crippen LogP contribution in [0.25, 0.3) is 0 Å². The molecule has 0 unspecified atom stereocenters. The molecule has 1 aromatic rings. The van der Waals surface area contributed by atoms with Crippen molar-refractivity contribution in [3.63, 3.8) is 0 Å². The van der Waals surface area contributed by atoms with Gasteiger partial charge in [-0.15, -0.1) is 0 Å². The summed E-state index contributed by atoms with van der Waals surface area (Å²) in [6.45, 7) is 1.79. The molecule has 0 aromatic heterocycles. The Kier molecular flexibility index (Phi) is 3.06. The molecule has 4 nitrogen and oxygen atoms in total. The topological polar surface area (TPSA) is 72.2 Å². The van der Waals surface area contributed by atoms with Crippen molar-refractivity contribution in [3.8, 4) is 0 Å². The Hall–Kier alpha value is -1.07. The lowest BCUT2D eigenvalue weighted by Crippen LogP contribution is -2.38. The zero-order valence-corrected chi connectivity index (χ0v) is 11.9. The molecule has 0 aliphatic heterocycles. The first kappa shape index (κ1) is 12.9. The van der Waals surface area contributed by atoms with Crippen molar-refractivity contribution in [3.05, 3.63) is 23.8 Å². The summed E-state index contributed by atoms with van der Waals surface area (Å²) in [5.74, 6) is 1.07. The molecule has 0 radical (unpaired) electrons. The number of hydrogen-bond donors (Lipinski definition) is 2. The summed E-state index contributed by atoms with van der Waals surface area (Å²) in [7, 11) is -3.51. The number of anilines is 1. The van der Waals surface area contributed by atoms with E-state index in [0.717, 1.165) is 25.7 Å². The number of nitrogens with two attached hydrogens (primary N) is 1. The number of nitrogens with one attached hydrogen (secondary N) is 1. The maximum atomic E-state index is 12.6. The van der Waals surface area contributed by atoms with E-state index >= 15 is 0 Å². The molecular formula is C14H20N2O2S. The summed E-state index contributed by atoms with van der Waals surface area (Å²) in [6.07, 6.45) is 4.58. The Balaban J connectivity index is 1.89. The van der Waals surface area contributed by atoms with Crippen molar-refractivity contribution in [1.29, 1.82) is 0 Å². The second kappa shape index (κ2) is 4.49. The maximum absolute atomic E-state index is 12.6. The molecule has 2 fully saturated rings. The standard InChI is InChI=1S/C14H20N2O2S/c1-9-3-2-4-12(15)14(9)19(17,18)16-13(10-5-6-10)11-7-8-11/h2-4,10-11,13,16H,5-8,15H2,1H3. The van der Waals surface area contributed by atoms with Gasteiger partial charge in [-0.05, 0) is 56.1 Å². The van der Waals surface area contributed by atoms with Crippen molar-refractivity contribution in [2.75, 3.05) is 5.73 Å². The minimum absolute atomic E-state index is 0.115. The molecule has 0 heterocycles. The van der Waals surface area contributed by atoms with Crippen LogP contribution in [0.2, 0.25) is 0 Å².